The molecule has 0 heterocycles. The van der Waals surface area contributed by atoms with Crippen molar-refractivity contribution in [2.75, 3.05) is 6.54 Å². The van der Waals surface area contributed by atoms with Crippen molar-refractivity contribution in [2.24, 2.45) is 11.8 Å². The van der Waals surface area contributed by atoms with E-state index in [0.29, 0.717) is 6.04 Å². The van der Waals surface area contributed by atoms with Crippen molar-refractivity contribution in [2.45, 2.75) is 65.3 Å². The molecule has 0 spiro atoms. The van der Waals surface area contributed by atoms with E-state index in [4.69, 9.17) is 0 Å². The first-order chi connectivity index (χ1) is 6.74. The maximum atomic E-state index is 3.60. The van der Waals surface area contributed by atoms with Gasteiger partial charge in [0.25, 0.3) is 0 Å². The topological polar surface area (TPSA) is 12.0 Å². The summed E-state index contributed by atoms with van der Waals surface area (Å²) >= 11 is 0. The second-order valence-electron chi connectivity index (χ2n) is 5.16. The van der Waals surface area contributed by atoms with Gasteiger partial charge in [0.2, 0.25) is 0 Å². The molecule has 0 amide bonds. The number of nitrogens with one attached hydrogen (secondary N) is 1. The molecule has 0 bridgehead atoms. The van der Waals surface area contributed by atoms with Crippen LogP contribution >= 0.6 is 0 Å². The van der Waals surface area contributed by atoms with E-state index in [1.165, 1.54) is 45.1 Å². The van der Waals surface area contributed by atoms with Gasteiger partial charge in [-0.1, -0.05) is 52.9 Å². The SMILES string of the molecule is CCCC1CCCCC1CNC(C)C. The lowest BCUT2D eigenvalue weighted by Crippen LogP contribution is -2.34. The lowest BCUT2D eigenvalue weighted by atomic mass is 9.77. The first-order valence-electron chi connectivity index (χ1n) is 6.47. The van der Waals surface area contributed by atoms with Crippen LogP contribution < -0.4 is 5.32 Å². The Bertz CT molecular complexity index is 140. The van der Waals surface area contributed by atoms with Crippen molar-refractivity contribution in [3.63, 3.8) is 0 Å². The van der Waals surface area contributed by atoms with Crippen molar-refractivity contribution >= 4 is 0 Å². The fraction of sp³-hybridized carbons (Fsp3) is 1.00. The monoisotopic (exact) mass is 197 g/mol. The van der Waals surface area contributed by atoms with Gasteiger partial charge in [0.1, 0.15) is 0 Å². The van der Waals surface area contributed by atoms with Gasteiger partial charge in [-0.3, -0.25) is 0 Å². The molecular formula is C13H27N. The third-order valence-electron chi connectivity index (χ3n) is 3.51. The number of hydrogen-bond acceptors (Lipinski definition) is 1. The van der Waals surface area contributed by atoms with E-state index in [2.05, 4.69) is 26.1 Å². The minimum atomic E-state index is 0.652. The Labute approximate surface area is 89.7 Å². The molecule has 1 rings (SSSR count). The predicted octanol–water partition coefficient (Wildman–Crippen LogP) is 3.59. The quantitative estimate of drug-likeness (QED) is 0.710. The van der Waals surface area contributed by atoms with Crippen LogP contribution in [0.25, 0.3) is 0 Å². The predicted molar refractivity (Wildman–Crippen MR) is 63.5 cm³/mol. The minimum absolute atomic E-state index is 0.652. The molecule has 1 saturated carbocycles. The molecule has 1 N–H and O–H groups in total. The smallest absolute Gasteiger partial charge is 0.00104 e. The van der Waals surface area contributed by atoms with Crippen LogP contribution in [0, 0.1) is 11.8 Å². The molecule has 1 aliphatic rings. The van der Waals surface area contributed by atoms with Gasteiger partial charge in [-0.15, -0.1) is 0 Å². The highest BCUT2D eigenvalue weighted by Gasteiger charge is 2.23. The van der Waals surface area contributed by atoms with Gasteiger partial charge in [-0.25, -0.2) is 0 Å². The molecule has 1 nitrogen and oxygen atoms in total. The zero-order chi connectivity index (χ0) is 10.4. The van der Waals surface area contributed by atoms with Gasteiger partial charge in [0, 0.05) is 6.04 Å². The third kappa shape index (κ3) is 4.00. The highest BCUT2D eigenvalue weighted by atomic mass is 14.9. The molecule has 1 fully saturated rings. The highest BCUT2D eigenvalue weighted by molar-refractivity contribution is 4.77. The zero-order valence-electron chi connectivity index (χ0n) is 10.2. The van der Waals surface area contributed by atoms with Crippen LogP contribution in [-0.4, -0.2) is 12.6 Å². The van der Waals surface area contributed by atoms with Crippen molar-refractivity contribution < 1.29 is 0 Å². The van der Waals surface area contributed by atoms with Gasteiger partial charge in [0.15, 0.2) is 0 Å². The van der Waals surface area contributed by atoms with Gasteiger partial charge >= 0.3 is 0 Å². The van der Waals surface area contributed by atoms with E-state index in [1.807, 2.05) is 0 Å². The maximum Gasteiger partial charge on any atom is 0.00104 e. The fourth-order valence-electron chi connectivity index (χ4n) is 2.69. The Hall–Kier alpha value is -0.0400. The summed E-state index contributed by atoms with van der Waals surface area (Å²) in [5, 5.41) is 3.60. The number of hydrogen-bond donors (Lipinski definition) is 1. The van der Waals surface area contributed by atoms with E-state index < -0.39 is 0 Å². The molecule has 1 heteroatoms. The van der Waals surface area contributed by atoms with Gasteiger partial charge < -0.3 is 5.32 Å². The van der Waals surface area contributed by atoms with Crippen molar-refractivity contribution in [3.8, 4) is 0 Å². The Kier molecular flexibility index (Phi) is 5.54. The lowest BCUT2D eigenvalue weighted by molar-refractivity contribution is 0.213. The van der Waals surface area contributed by atoms with E-state index in [9.17, 15) is 0 Å². The molecule has 0 saturated heterocycles. The zero-order valence-corrected chi connectivity index (χ0v) is 10.2. The minimum Gasteiger partial charge on any atom is -0.314 e. The molecular weight excluding hydrogens is 170 g/mol. The second kappa shape index (κ2) is 6.44. The Morgan fingerprint density at radius 1 is 1.14 bits per heavy atom. The molecule has 0 aromatic rings. The van der Waals surface area contributed by atoms with Crippen LogP contribution in [0.15, 0.2) is 0 Å². The summed E-state index contributed by atoms with van der Waals surface area (Å²) in [6.07, 6.45) is 8.70. The van der Waals surface area contributed by atoms with Crippen molar-refractivity contribution in [3.05, 3.63) is 0 Å². The van der Waals surface area contributed by atoms with Gasteiger partial charge in [-0.2, -0.15) is 0 Å². The fourth-order valence-corrected chi connectivity index (χ4v) is 2.69. The standard InChI is InChI=1S/C13H27N/c1-4-7-12-8-5-6-9-13(12)10-14-11(2)3/h11-14H,4-10H2,1-3H3. The molecule has 0 radical (unpaired) electrons. The Morgan fingerprint density at radius 3 is 2.36 bits per heavy atom. The van der Waals surface area contributed by atoms with E-state index in [1.54, 1.807) is 0 Å². The highest BCUT2D eigenvalue weighted by Crippen LogP contribution is 2.32. The molecule has 0 aromatic heterocycles. The largest absolute Gasteiger partial charge is 0.314 e. The summed E-state index contributed by atoms with van der Waals surface area (Å²) in [6, 6.07) is 0.652. The van der Waals surface area contributed by atoms with Crippen LogP contribution in [-0.2, 0) is 0 Å². The molecule has 84 valence electrons. The Morgan fingerprint density at radius 2 is 1.79 bits per heavy atom. The van der Waals surface area contributed by atoms with Crippen molar-refractivity contribution in [1.29, 1.82) is 0 Å². The third-order valence-corrected chi connectivity index (χ3v) is 3.51. The maximum absolute atomic E-state index is 3.60. The summed E-state index contributed by atoms with van der Waals surface area (Å²) < 4.78 is 0. The molecule has 2 unspecified atom stereocenters. The Balaban J connectivity index is 2.30. The van der Waals surface area contributed by atoms with Crippen LogP contribution in [0.1, 0.15) is 59.3 Å². The number of rotatable bonds is 5. The summed E-state index contributed by atoms with van der Waals surface area (Å²) in [5.41, 5.74) is 0. The molecule has 14 heavy (non-hydrogen) atoms. The summed E-state index contributed by atoms with van der Waals surface area (Å²) in [5.74, 6) is 1.98. The summed E-state index contributed by atoms with van der Waals surface area (Å²) in [4.78, 5) is 0. The van der Waals surface area contributed by atoms with Crippen LogP contribution in [0.3, 0.4) is 0 Å². The lowest BCUT2D eigenvalue weighted by Gasteiger charge is -2.32. The van der Waals surface area contributed by atoms with Crippen LogP contribution in [0.2, 0.25) is 0 Å². The van der Waals surface area contributed by atoms with Gasteiger partial charge in [0.05, 0.1) is 0 Å². The second-order valence-corrected chi connectivity index (χ2v) is 5.16. The van der Waals surface area contributed by atoms with Crippen LogP contribution in [0.5, 0.6) is 0 Å². The first-order valence-corrected chi connectivity index (χ1v) is 6.47. The van der Waals surface area contributed by atoms with Gasteiger partial charge in [-0.05, 0) is 24.8 Å². The van der Waals surface area contributed by atoms with E-state index >= 15 is 0 Å². The van der Waals surface area contributed by atoms with Crippen LogP contribution in [0.4, 0.5) is 0 Å². The molecule has 2 atom stereocenters. The summed E-state index contributed by atoms with van der Waals surface area (Å²) in [6.45, 7) is 8.07. The first kappa shape index (κ1) is 12.0. The normalized spacial score (nSPS) is 28.3. The van der Waals surface area contributed by atoms with E-state index in [0.717, 1.165) is 11.8 Å². The summed E-state index contributed by atoms with van der Waals surface area (Å²) in [7, 11) is 0. The molecule has 0 aliphatic heterocycles. The average Bonchev–Trinajstić information content (AvgIpc) is 2.17. The molecule has 1 aliphatic carbocycles. The average molecular weight is 197 g/mol. The molecule has 0 aromatic carbocycles. The van der Waals surface area contributed by atoms with E-state index in [-0.39, 0.29) is 0 Å². The van der Waals surface area contributed by atoms with Crippen molar-refractivity contribution in [1.82, 2.24) is 5.32 Å².